The van der Waals surface area contributed by atoms with Crippen LogP contribution in [0, 0.1) is 22.7 Å². The molecule has 0 aliphatic heterocycles. The van der Waals surface area contributed by atoms with Crippen LogP contribution in [0.2, 0.25) is 0 Å². The van der Waals surface area contributed by atoms with Gasteiger partial charge in [0.15, 0.2) is 0 Å². The van der Waals surface area contributed by atoms with E-state index in [0.717, 1.165) is 0 Å². The average Bonchev–Trinajstić information content (AvgIpc) is 2.60. The average molecular weight is 290 g/mol. The van der Waals surface area contributed by atoms with Gasteiger partial charge in [-0.2, -0.15) is 10.5 Å². The molecule has 0 radical (unpaired) electrons. The van der Waals surface area contributed by atoms with Crippen LogP contribution in [0.5, 0.6) is 11.5 Å². The van der Waals surface area contributed by atoms with Crippen LogP contribution in [0.1, 0.15) is 11.1 Å². The number of allylic oxidation sites excluding steroid dienone is 2. The van der Waals surface area contributed by atoms with Gasteiger partial charge in [-0.1, -0.05) is 0 Å². The van der Waals surface area contributed by atoms with Crippen LogP contribution in [-0.4, -0.2) is 14.2 Å². The maximum absolute atomic E-state index is 9.45. The molecule has 0 aliphatic rings. The Kier molecular flexibility index (Phi) is 4.80. The highest BCUT2D eigenvalue weighted by molar-refractivity contribution is 6.02. The van der Waals surface area contributed by atoms with E-state index in [-0.39, 0.29) is 0 Å². The quantitative estimate of drug-likeness (QED) is 0.636. The van der Waals surface area contributed by atoms with E-state index in [0.29, 0.717) is 33.8 Å². The molecule has 0 unspecified atom stereocenters. The van der Waals surface area contributed by atoms with E-state index >= 15 is 0 Å². The Morgan fingerprint density at radius 3 is 1.23 bits per heavy atom. The third-order valence-electron chi connectivity index (χ3n) is 3.23. The normalized spacial score (nSPS) is 10.9. The molecular weight excluding hydrogens is 276 g/mol. The summed E-state index contributed by atoms with van der Waals surface area (Å²) in [5.74, 6) is 1.40. The molecule has 4 nitrogen and oxygen atoms in total. The Morgan fingerprint density at radius 2 is 1.00 bits per heavy atom. The van der Waals surface area contributed by atoms with E-state index in [1.165, 1.54) is 0 Å². The summed E-state index contributed by atoms with van der Waals surface area (Å²) in [5.41, 5.74) is 2.01. The summed E-state index contributed by atoms with van der Waals surface area (Å²) in [6.45, 7) is 0. The summed E-state index contributed by atoms with van der Waals surface area (Å²) >= 11 is 0. The zero-order valence-electron chi connectivity index (χ0n) is 12.3. The van der Waals surface area contributed by atoms with Crippen molar-refractivity contribution in [3.05, 3.63) is 59.7 Å². The van der Waals surface area contributed by atoms with Crippen molar-refractivity contribution in [1.82, 2.24) is 0 Å². The third kappa shape index (κ3) is 3.08. The monoisotopic (exact) mass is 290 g/mol. The van der Waals surface area contributed by atoms with Crippen molar-refractivity contribution < 1.29 is 9.47 Å². The van der Waals surface area contributed by atoms with E-state index in [1.54, 1.807) is 62.8 Å². The summed E-state index contributed by atoms with van der Waals surface area (Å²) in [6, 6.07) is 18.3. The van der Waals surface area contributed by atoms with Crippen LogP contribution < -0.4 is 9.47 Å². The maximum Gasteiger partial charge on any atom is 0.118 e. The van der Waals surface area contributed by atoms with Gasteiger partial charge in [0, 0.05) is 0 Å². The Hall–Kier alpha value is -3.24. The summed E-state index contributed by atoms with van der Waals surface area (Å²) < 4.78 is 10.2. The minimum atomic E-state index is 0.329. The minimum absolute atomic E-state index is 0.329. The summed E-state index contributed by atoms with van der Waals surface area (Å²) in [5, 5.41) is 18.9. The second kappa shape index (κ2) is 6.97. The zero-order chi connectivity index (χ0) is 15.9. The van der Waals surface area contributed by atoms with Crippen LogP contribution in [0.25, 0.3) is 11.1 Å². The predicted octanol–water partition coefficient (Wildman–Crippen LogP) is 3.66. The third-order valence-corrected chi connectivity index (χ3v) is 3.23. The van der Waals surface area contributed by atoms with Crippen molar-refractivity contribution >= 4 is 11.1 Å². The first-order valence-electron chi connectivity index (χ1n) is 6.56. The van der Waals surface area contributed by atoms with E-state index < -0.39 is 0 Å². The molecule has 0 spiro atoms. The standard InChI is InChI=1S/C18H14N2O2/c1-21-15-7-3-13(4-8-15)17(11-19)18(12-20)14-5-9-16(22-2)10-6-14/h3-10H,1-2H3/b18-17+. The number of nitrogens with zero attached hydrogens (tertiary/aromatic N) is 2. The molecular formula is C18H14N2O2. The highest BCUT2D eigenvalue weighted by Gasteiger charge is 2.11. The molecule has 2 aromatic carbocycles. The number of methoxy groups -OCH3 is 2. The number of nitriles is 2. The second-order valence-corrected chi connectivity index (χ2v) is 4.43. The highest BCUT2D eigenvalue weighted by atomic mass is 16.5. The molecule has 22 heavy (non-hydrogen) atoms. The van der Waals surface area contributed by atoms with Gasteiger partial charge < -0.3 is 9.47 Å². The molecule has 0 amide bonds. The SMILES string of the molecule is COc1ccc(/C(C#N)=C(\C#N)c2ccc(OC)cc2)cc1. The van der Waals surface area contributed by atoms with Crippen LogP contribution in [0.4, 0.5) is 0 Å². The summed E-state index contributed by atoms with van der Waals surface area (Å²) in [6.07, 6.45) is 0. The molecule has 0 N–H and O–H groups in total. The van der Waals surface area contributed by atoms with Crippen molar-refractivity contribution in [2.45, 2.75) is 0 Å². The molecule has 0 atom stereocenters. The van der Waals surface area contributed by atoms with Crippen LogP contribution in [-0.2, 0) is 0 Å². The van der Waals surface area contributed by atoms with Gasteiger partial charge in [0.2, 0.25) is 0 Å². The van der Waals surface area contributed by atoms with Gasteiger partial charge in [0.1, 0.15) is 23.6 Å². The van der Waals surface area contributed by atoms with E-state index in [1.807, 2.05) is 0 Å². The molecule has 0 saturated carbocycles. The zero-order valence-corrected chi connectivity index (χ0v) is 12.3. The molecule has 0 bridgehead atoms. The van der Waals surface area contributed by atoms with E-state index in [9.17, 15) is 10.5 Å². The fraction of sp³-hybridized carbons (Fsp3) is 0.111. The Balaban J connectivity index is 2.52. The molecule has 0 aromatic heterocycles. The molecule has 2 rings (SSSR count). The van der Waals surface area contributed by atoms with Gasteiger partial charge in [0.05, 0.1) is 25.4 Å². The van der Waals surface area contributed by atoms with Gasteiger partial charge in [-0.15, -0.1) is 0 Å². The molecule has 0 fully saturated rings. The number of hydrogen-bond donors (Lipinski definition) is 0. The molecule has 0 aliphatic carbocycles. The van der Waals surface area contributed by atoms with Gasteiger partial charge in [0.25, 0.3) is 0 Å². The predicted molar refractivity (Wildman–Crippen MR) is 84.0 cm³/mol. The molecule has 2 aromatic rings. The number of hydrogen-bond acceptors (Lipinski definition) is 4. The number of ether oxygens (including phenoxy) is 2. The minimum Gasteiger partial charge on any atom is -0.497 e. The molecule has 108 valence electrons. The lowest BCUT2D eigenvalue weighted by molar-refractivity contribution is 0.414. The van der Waals surface area contributed by atoms with Gasteiger partial charge in [-0.25, -0.2) is 0 Å². The summed E-state index contributed by atoms with van der Waals surface area (Å²) in [7, 11) is 3.15. The first-order valence-corrected chi connectivity index (χ1v) is 6.56. The van der Waals surface area contributed by atoms with Crippen molar-refractivity contribution in [3.8, 4) is 23.6 Å². The van der Waals surface area contributed by atoms with E-state index in [2.05, 4.69) is 12.1 Å². The first kappa shape index (κ1) is 15.2. The molecule has 0 heterocycles. The molecule has 0 saturated heterocycles. The first-order chi connectivity index (χ1) is 10.7. The largest absolute Gasteiger partial charge is 0.497 e. The van der Waals surface area contributed by atoms with Crippen LogP contribution in [0.15, 0.2) is 48.5 Å². The number of rotatable bonds is 4. The lowest BCUT2D eigenvalue weighted by Crippen LogP contribution is -1.91. The van der Waals surface area contributed by atoms with Crippen LogP contribution >= 0.6 is 0 Å². The Morgan fingerprint density at radius 1 is 0.682 bits per heavy atom. The lowest BCUT2D eigenvalue weighted by Gasteiger charge is -2.06. The van der Waals surface area contributed by atoms with Crippen molar-refractivity contribution in [2.24, 2.45) is 0 Å². The Labute approximate surface area is 129 Å². The topological polar surface area (TPSA) is 66.0 Å². The van der Waals surface area contributed by atoms with Crippen LogP contribution in [0.3, 0.4) is 0 Å². The lowest BCUT2D eigenvalue weighted by atomic mass is 9.96. The van der Waals surface area contributed by atoms with Crippen molar-refractivity contribution in [1.29, 1.82) is 10.5 Å². The Bertz CT molecular complexity index is 693. The number of benzene rings is 2. The van der Waals surface area contributed by atoms with Crippen molar-refractivity contribution in [3.63, 3.8) is 0 Å². The second-order valence-electron chi connectivity index (χ2n) is 4.43. The van der Waals surface area contributed by atoms with Gasteiger partial charge in [-0.05, 0) is 59.7 Å². The van der Waals surface area contributed by atoms with Gasteiger partial charge >= 0.3 is 0 Å². The smallest absolute Gasteiger partial charge is 0.118 e. The highest BCUT2D eigenvalue weighted by Crippen LogP contribution is 2.27. The van der Waals surface area contributed by atoms with Gasteiger partial charge in [-0.3, -0.25) is 0 Å². The fourth-order valence-corrected chi connectivity index (χ4v) is 2.04. The van der Waals surface area contributed by atoms with E-state index in [4.69, 9.17) is 9.47 Å². The van der Waals surface area contributed by atoms with Crippen molar-refractivity contribution in [2.75, 3.05) is 14.2 Å². The summed E-state index contributed by atoms with van der Waals surface area (Å²) in [4.78, 5) is 0. The maximum atomic E-state index is 9.45. The molecule has 4 heteroatoms. The fourth-order valence-electron chi connectivity index (χ4n) is 2.04.